The van der Waals surface area contributed by atoms with Crippen LogP contribution in [-0.4, -0.2) is 43.2 Å². The number of piperidine rings is 2. The molecular weight excluding hydrogens is 274 g/mol. The normalized spacial score (nSPS) is 22.4. The lowest BCUT2D eigenvalue weighted by Crippen LogP contribution is -2.48. The van der Waals surface area contributed by atoms with Crippen molar-refractivity contribution in [3.05, 3.63) is 29.8 Å². The minimum atomic E-state index is -0.848. The second kappa shape index (κ2) is 6.71. The first-order valence-electron chi connectivity index (χ1n) is 7.79. The van der Waals surface area contributed by atoms with Crippen molar-refractivity contribution in [2.24, 2.45) is 0 Å². The van der Waals surface area contributed by atoms with Crippen LogP contribution in [0.3, 0.4) is 0 Å². The topological polar surface area (TPSA) is 24.5 Å². The number of benzene rings is 1. The van der Waals surface area contributed by atoms with Crippen LogP contribution in [0, 0.1) is 11.6 Å². The highest BCUT2D eigenvalue weighted by Crippen LogP contribution is 2.23. The van der Waals surface area contributed by atoms with Gasteiger partial charge in [-0.1, -0.05) is 0 Å². The number of ether oxygens (including phenoxy) is 1. The lowest BCUT2D eigenvalue weighted by molar-refractivity contribution is 0.0651. The number of hydrogen-bond donors (Lipinski definition) is 1. The van der Waals surface area contributed by atoms with Gasteiger partial charge in [-0.15, -0.1) is 0 Å². The average molecular weight is 296 g/mol. The minimum absolute atomic E-state index is 0.104. The van der Waals surface area contributed by atoms with Crippen molar-refractivity contribution in [2.75, 3.05) is 26.2 Å². The molecule has 2 aliphatic heterocycles. The van der Waals surface area contributed by atoms with E-state index in [1.807, 2.05) is 0 Å². The van der Waals surface area contributed by atoms with Crippen LogP contribution in [0.4, 0.5) is 8.78 Å². The smallest absolute Gasteiger partial charge is 0.162 e. The monoisotopic (exact) mass is 296 g/mol. The van der Waals surface area contributed by atoms with Gasteiger partial charge in [0.15, 0.2) is 11.6 Å². The van der Waals surface area contributed by atoms with E-state index < -0.39 is 11.6 Å². The Morgan fingerprint density at radius 2 is 1.71 bits per heavy atom. The Morgan fingerprint density at radius 3 is 2.38 bits per heavy atom. The Labute approximate surface area is 124 Å². The van der Waals surface area contributed by atoms with Gasteiger partial charge in [0, 0.05) is 25.2 Å². The van der Waals surface area contributed by atoms with Crippen LogP contribution in [0.25, 0.3) is 0 Å². The second-order valence-corrected chi connectivity index (χ2v) is 5.91. The van der Waals surface area contributed by atoms with Crippen molar-refractivity contribution in [3.8, 4) is 5.75 Å². The highest BCUT2D eigenvalue weighted by molar-refractivity contribution is 5.23. The molecule has 1 aromatic rings. The molecule has 0 saturated carbocycles. The SMILES string of the molecule is Fc1ccc(OC2CCN(C3CCNCC3)CC2)cc1F. The van der Waals surface area contributed by atoms with Crippen LogP contribution in [-0.2, 0) is 0 Å². The summed E-state index contributed by atoms with van der Waals surface area (Å²) in [4.78, 5) is 2.55. The maximum absolute atomic E-state index is 13.2. The summed E-state index contributed by atoms with van der Waals surface area (Å²) in [5.74, 6) is -1.25. The van der Waals surface area contributed by atoms with E-state index in [1.54, 1.807) is 0 Å². The molecule has 0 radical (unpaired) electrons. The van der Waals surface area contributed by atoms with Gasteiger partial charge in [-0.2, -0.15) is 0 Å². The third kappa shape index (κ3) is 3.71. The molecule has 2 heterocycles. The third-order valence-corrected chi connectivity index (χ3v) is 4.50. The maximum Gasteiger partial charge on any atom is 0.162 e. The maximum atomic E-state index is 13.2. The van der Waals surface area contributed by atoms with E-state index in [2.05, 4.69) is 10.2 Å². The van der Waals surface area contributed by atoms with Crippen molar-refractivity contribution in [3.63, 3.8) is 0 Å². The molecule has 3 rings (SSSR count). The minimum Gasteiger partial charge on any atom is -0.490 e. The summed E-state index contributed by atoms with van der Waals surface area (Å²) in [6.45, 7) is 4.27. The Hall–Kier alpha value is -1.20. The van der Waals surface area contributed by atoms with E-state index in [1.165, 1.54) is 18.9 Å². The van der Waals surface area contributed by atoms with Gasteiger partial charge in [-0.25, -0.2) is 8.78 Å². The van der Waals surface area contributed by atoms with Crippen molar-refractivity contribution in [2.45, 2.75) is 37.8 Å². The molecule has 0 spiro atoms. The van der Waals surface area contributed by atoms with Crippen LogP contribution in [0.1, 0.15) is 25.7 Å². The highest BCUT2D eigenvalue weighted by Gasteiger charge is 2.26. The Balaban J connectivity index is 1.50. The van der Waals surface area contributed by atoms with Crippen LogP contribution >= 0.6 is 0 Å². The lowest BCUT2D eigenvalue weighted by atomic mass is 10.00. The average Bonchev–Trinajstić information content (AvgIpc) is 2.53. The molecule has 0 bridgehead atoms. The van der Waals surface area contributed by atoms with E-state index >= 15 is 0 Å². The van der Waals surface area contributed by atoms with Gasteiger partial charge in [0.25, 0.3) is 0 Å². The predicted molar refractivity (Wildman–Crippen MR) is 77.5 cm³/mol. The first-order valence-corrected chi connectivity index (χ1v) is 7.79. The molecule has 0 amide bonds. The zero-order valence-electron chi connectivity index (χ0n) is 12.2. The summed E-state index contributed by atoms with van der Waals surface area (Å²) in [5, 5.41) is 3.39. The third-order valence-electron chi connectivity index (χ3n) is 4.50. The van der Waals surface area contributed by atoms with Crippen LogP contribution < -0.4 is 10.1 Å². The molecule has 3 nitrogen and oxygen atoms in total. The predicted octanol–water partition coefficient (Wildman–Crippen LogP) is 2.56. The van der Waals surface area contributed by atoms with Crippen LogP contribution in [0.5, 0.6) is 5.75 Å². The van der Waals surface area contributed by atoms with Gasteiger partial charge >= 0.3 is 0 Å². The molecule has 0 aromatic heterocycles. The van der Waals surface area contributed by atoms with Crippen molar-refractivity contribution >= 4 is 0 Å². The van der Waals surface area contributed by atoms with Gasteiger partial charge in [-0.3, -0.25) is 0 Å². The summed E-state index contributed by atoms with van der Waals surface area (Å²) in [7, 11) is 0. The fraction of sp³-hybridized carbons (Fsp3) is 0.625. The van der Waals surface area contributed by atoms with E-state index in [-0.39, 0.29) is 6.10 Å². The molecule has 2 fully saturated rings. The molecule has 0 unspecified atom stereocenters. The number of nitrogens with zero attached hydrogens (tertiary/aromatic N) is 1. The number of nitrogens with one attached hydrogen (secondary N) is 1. The standard InChI is InChI=1S/C16H22F2N2O/c17-15-2-1-14(11-16(15)18)21-13-5-9-20(10-6-13)12-3-7-19-8-4-12/h1-2,11-13,19H,3-10H2. The van der Waals surface area contributed by atoms with Crippen molar-refractivity contribution in [1.29, 1.82) is 0 Å². The summed E-state index contributed by atoms with van der Waals surface area (Å²) in [6, 6.07) is 4.44. The molecule has 116 valence electrons. The molecule has 1 N–H and O–H groups in total. The lowest BCUT2D eigenvalue weighted by Gasteiger charge is -2.39. The quantitative estimate of drug-likeness (QED) is 0.928. The van der Waals surface area contributed by atoms with E-state index in [0.717, 1.165) is 51.2 Å². The van der Waals surface area contributed by atoms with Crippen molar-refractivity contribution < 1.29 is 13.5 Å². The molecule has 0 aliphatic carbocycles. The van der Waals surface area contributed by atoms with E-state index in [0.29, 0.717) is 11.8 Å². The Bertz CT molecular complexity index is 469. The highest BCUT2D eigenvalue weighted by atomic mass is 19.2. The summed E-state index contributed by atoms with van der Waals surface area (Å²) < 4.78 is 31.8. The van der Waals surface area contributed by atoms with Gasteiger partial charge in [0.2, 0.25) is 0 Å². The number of likely N-dealkylation sites (tertiary alicyclic amines) is 1. The Morgan fingerprint density at radius 1 is 1.00 bits per heavy atom. The molecular formula is C16H22F2N2O. The first-order chi connectivity index (χ1) is 10.2. The molecule has 1 aromatic carbocycles. The van der Waals surface area contributed by atoms with Gasteiger partial charge in [0.1, 0.15) is 11.9 Å². The largest absolute Gasteiger partial charge is 0.490 e. The van der Waals surface area contributed by atoms with Crippen LogP contribution in [0.2, 0.25) is 0 Å². The van der Waals surface area contributed by atoms with Gasteiger partial charge in [0.05, 0.1) is 0 Å². The fourth-order valence-electron chi connectivity index (χ4n) is 3.27. The van der Waals surface area contributed by atoms with E-state index in [9.17, 15) is 8.78 Å². The molecule has 5 heteroatoms. The van der Waals surface area contributed by atoms with Gasteiger partial charge < -0.3 is 15.0 Å². The van der Waals surface area contributed by atoms with E-state index in [4.69, 9.17) is 4.74 Å². The summed E-state index contributed by atoms with van der Waals surface area (Å²) in [6.07, 6.45) is 4.43. The number of halogens is 2. The number of hydrogen-bond acceptors (Lipinski definition) is 3. The summed E-state index contributed by atoms with van der Waals surface area (Å²) in [5.41, 5.74) is 0. The van der Waals surface area contributed by atoms with Gasteiger partial charge in [-0.05, 0) is 50.9 Å². The second-order valence-electron chi connectivity index (χ2n) is 5.91. The molecule has 2 saturated heterocycles. The molecule has 21 heavy (non-hydrogen) atoms. The zero-order chi connectivity index (χ0) is 14.7. The fourth-order valence-corrected chi connectivity index (χ4v) is 3.27. The zero-order valence-corrected chi connectivity index (χ0v) is 12.2. The van der Waals surface area contributed by atoms with Crippen LogP contribution in [0.15, 0.2) is 18.2 Å². The summed E-state index contributed by atoms with van der Waals surface area (Å²) >= 11 is 0. The Kier molecular flexibility index (Phi) is 4.70. The molecule has 0 atom stereocenters. The van der Waals surface area contributed by atoms with Crippen molar-refractivity contribution in [1.82, 2.24) is 10.2 Å². The number of rotatable bonds is 3. The molecule has 2 aliphatic rings. The first kappa shape index (κ1) is 14.7.